The van der Waals surface area contributed by atoms with Crippen LogP contribution in [0, 0.1) is 9.49 Å². The Labute approximate surface area is 175 Å². The van der Waals surface area contributed by atoms with Gasteiger partial charge in [0.2, 0.25) is 0 Å². The molecular weight excluding hydrogens is 481 g/mol. The van der Waals surface area contributed by atoms with Gasteiger partial charge in [0, 0.05) is 6.54 Å². The summed E-state index contributed by atoms with van der Waals surface area (Å²) in [4.78, 5) is 37.3. The molecule has 2 fully saturated rings. The molecule has 0 unspecified atom stereocenters. The van der Waals surface area contributed by atoms with E-state index in [1.54, 1.807) is 24.3 Å². The average Bonchev–Trinajstić information content (AvgIpc) is 2.89. The van der Waals surface area contributed by atoms with Crippen LogP contribution in [0.15, 0.2) is 23.1 Å². The van der Waals surface area contributed by atoms with E-state index in [4.69, 9.17) is 9.84 Å². The number of hydrogen-bond acceptors (Lipinski definition) is 5. The van der Waals surface area contributed by atoms with Gasteiger partial charge in [0.25, 0.3) is 11.1 Å². The molecule has 1 aliphatic carbocycles. The van der Waals surface area contributed by atoms with Crippen molar-refractivity contribution < 1.29 is 24.2 Å². The van der Waals surface area contributed by atoms with Crippen molar-refractivity contribution in [2.75, 3.05) is 13.2 Å². The van der Waals surface area contributed by atoms with Gasteiger partial charge in [-0.25, -0.2) is 4.79 Å². The molecule has 2 amide bonds. The lowest BCUT2D eigenvalue weighted by atomic mass is 9.89. The molecular formula is C19H20INO5S. The van der Waals surface area contributed by atoms with Crippen LogP contribution in [0.2, 0.25) is 0 Å². The summed E-state index contributed by atoms with van der Waals surface area (Å²) < 4.78 is 5.94. The van der Waals surface area contributed by atoms with Crippen molar-refractivity contribution in [3.05, 3.63) is 32.2 Å². The fourth-order valence-electron chi connectivity index (χ4n) is 3.30. The number of aliphatic carboxylic acids is 1. The molecule has 144 valence electrons. The number of carbonyl (C=O) groups is 3. The van der Waals surface area contributed by atoms with Gasteiger partial charge in [0.05, 0.1) is 8.48 Å². The molecule has 1 aliphatic heterocycles. The van der Waals surface area contributed by atoms with E-state index in [1.807, 2.05) is 0 Å². The zero-order chi connectivity index (χ0) is 19.4. The standard InChI is InChI=1S/C19H20INO5S/c20-14-8-13(6-7-15(14)26-11-17(22)23)9-16-18(24)21(19(25)27-16)10-12-4-2-1-3-5-12/h6-9,12H,1-5,10-11H2,(H,22,23)/b16-9+. The maximum Gasteiger partial charge on any atom is 0.341 e. The number of carboxylic acid groups (broad SMARTS) is 1. The van der Waals surface area contributed by atoms with Gasteiger partial charge in [-0.2, -0.15) is 0 Å². The molecule has 0 aromatic heterocycles. The van der Waals surface area contributed by atoms with Gasteiger partial charge < -0.3 is 9.84 Å². The second-order valence-electron chi connectivity index (χ2n) is 6.67. The monoisotopic (exact) mass is 501 g/mol. The van der Waals surface area contributed by atoms with Crippen LogP contribution >= 0.6 is 34.4 Å². The Morgan fingerprint density at radius 1 is 1.30 bits per heavy atom. The summed E-state index contributed by atoms with van der Waals surface area (Å²) in [5, 5.41) is 8.49. The second kappa shape index (κ2) is 9.09. The Balaban J connectivity index is 1.69. The summed E-state index contributed by atoms with van der Waals surface area (Å²) in [5.41, 5.74) is 0.769. The topological polar surface area (TPSA) is 83.9 Å². The van der Waals surface area contributed by atoms with E-state index in [1.165, 1.54) is 24.2 Å². The molecule has 0 radical (unpaired) electrons. The lowest BCUT2D eigenvalue weighted by molar-refractivity contribution is -0.139. The highest BCUT2D eigenvalue weighted by Gasteiger charge is 2.36. The molecule has 1 saturated heterocycles. The summed E-state index contributed by atoms with van der Waals surface area (Å²) in [5.74, 6) is -0.378. The number of amides is 2. The van der Waals surface area contributed by atoms with Gasteiger partial charge in [-0.05, 0) is 76.9 Å². The van der Waals surface area contributed by atoms with E-state index in [0.29, 0.717) is 23.1 Å². The van der Waals surface area contributed by atoms with Crippen LogP contribution in [0.3, 0.4) is 0 Å². The lowest BCUT2D eigenvalue weighted by Crippen LogP contribution is -2.34. The molecule has 3 rings (SSSR count). The van der Waals surface area contributed by atoms with Crippen LogP contribution in [0.5, 0.6) is 5.75 Å². The lowest BCUT2D eigenvalue weighted by Gasteiger charge is -2.25. The first-order valence-electron chi connectivity index (χ1n) is 8.83. The molecule has 1 N–H and O–H groups in total. The Kier molecular flexibility index (Phi) is 6.80. The van der Waals surface area contributed by atoms with E-state index >= 15 is 0 Å². The highest BCUT2D eigenvalue weighted by molar-refractivity contribution is 14.1. The number of imide groups is 1. The van der Waals surface area contributed by atoms with Gasteiger partial charge in [0.15, 0.2) is 6.61 Å². The first-order chi connectivity index (χ1) is 12.9. The summed E-state index contributed by atoms with van der Waals surface area (Å²) >= 11 is 3.03. The van der Waals surface area contributed by atoms with E-state index in [-0.39, 0.29) is 11.1 Å². The molecule has 0 bridgehead atoms. The molecule has 1 aromatic rings. The van der Waals surface area contributed by atoms with E-state index in [0.717, 1.165) is 33.7 Å². The predicted molar refractivity (Wildman–Crippen MR) is 112 cm³/mol. The zero-order valence-corrected chi connectivity index (χ0v) is 17.6. The molecule has 1 aromatic carbocycles. The quantitative estimate of drug-likeness (QED) is 0.461. The minimum atomic E-state index is -1.04. The van der Waals surface area contributed by atoms with Crippen LogP contribution in [-0.2, 0) is 9.59 Å². The third kappa shape index (κ3) is 5.25. The van der Waals surface area contributed by atoms with Gasteiger partial charge in [0.1, 0.15) is 5.75 Å². The number of rotatable bonds is 6. The number of ether oxygens (including phenoxy) is 1. The number of halogens is 1. The summed E-state index contributed by atoms with van der Waals surface area (Å²) in [7, 11) is 0. The highest BCUT2D eigenvalue weighted by atomic mass is 127. The highest BCUT2D eigenvalue weighted by Crippen LogP contribution is 2.35. The summed E-state index contributed by atoms with van der Waals surface area (Å²) in [6, 6.07) is 5.21. The van der Waals surface area contributed by atoms with Crippen molar-refractivity contribution in [3.63, 3.8) is 0 Å². The van der Waals surface area contributed by atoms with Gasteiger partial charge in [-0.15, -0.1) is 0 Å². The largest absolute Gasteiger partial charge is 0.481 e. The normalized spacial score (nSPS) is 19.7. The molecule has 8 heteroatoms. The third-order valence-corrected chi connectivity index (χ3v) is 6.39. The van der Waals surface area contributed by atoms with Crippen molar-refractivity contribution in [2.45, 2.75) is 32.1 Å². The van der Waals surface area contributed by atoms with Crippen LogP contribution < -0.4 is 4.74 Å². The molecule has 2 aliphatic rings. The van der Waals surface area contributed by atoms with Crippen molar-refractivity contribution in [1.29, 1.82) is 0 Å². The van der Waals surface area contributed by atoms with E-state index in [9.17, 15) is 14.4 Å². The van der Waals surface area contributed by atoms with Crippen molar-refractivity contribution in [3.8, 4) is 5.75 Å². The maximum absolute atomic E-state index is 12.6. The number of hydrogen-bond donors (Lipinski definition) is 1. The fraction of sp³-hybridized carbons (Fsp3) is 0.421. The predicted octanol–water partition coefficient (Wildman–Crippen LogP) is 4.37. The molecule has 6 nitrogen and oxygen atoms in total. The van der Waals surface area contributed by atoms with Crippen molar-refractivity contribution in [2.24, 2.45) is 5.92 Å². The van der Waals surface area contributed by atoms with Crippen LogP contribution in [0.4, 0.5) is 4.79 Å². The first-order valence-corrected chi connectivity index (χ1v) is 10.7. The summed E-state index contributed by atoms with van der Waals surface area (Å²) in [6.07, 6.45) is 7.45. The Bertz CT molecular complexity index is 788. The number of carbonyl (C=O) groups excluding carboxylic acids is 2. The van der Waals surface area contributed by atoms with Crippen LogP contribution in [0.1, 0.15) is 37.7 Å². The molecule has 0 atom stereocenters. The fourth-order valence-corrected chi connectivity index (χ4v) is 4.84. The molecule has 0 spiro atoms. The van der Waals surface area contributed by atoms with Crippen LogP contribution in [-0.4, -0.2) is 40.3 Å². The van der Waals surface area contributed by atoms with Crippen molar-refractivity contribution >= 4 is 57.5 Å². The van der Waals surface area contributed by atoms with Crippen LogP contribution in [0.25, 0.3) is 6.08 Å². The Morgan fingerprint density at radius 3 is 2.70 bits per heavy atom. The Hall–Kier alpha value is -1.55. The second-order valence-corrected chi connectivity index (χ2v) is 8.82. The number of nitrogens with zero attached hydrogens (tertiary/aromatic N) is 1. The minimum Gasteiger partial charge on any atom is -0.481 e. The number of benzene rings is 1. The van der Waals surface area contributed by atoms with E-state index in [2.05, 4.69) is 22.6 Å². The number of thioether (sulfide) groups is 1. The van der Waals surface area contributed by atoms with Gasteiger partial charge in [-0.3, -0.25) is 14.5 Å². The number of carboxylic acids is 1. The van der Waals surface area contributed by atoms with E-state index < -0.39 is 12.6 Å². The SMILES string of the molecule is O=C(O)COc1ccc(/C=C2/SC(=O)N(CC3CCCCC3)C2=O)cc1I. The van der Waals surface area contributed by atoms with Gasteiger partial charge in [-0.1, -0.05) is 25.3 Å². The zero-order valence-electron chi connectivity index (χ0n) is 14.7. The van der Waals surface area contributed by atoms with Crippen molar-refractivity contribution in [1.82, 2.24) is 4.90 Å². The molecule has 1 heterocycles. The van der Waals surface area contributed by atoms with Gasteiger partial charge >= 0.3 is 5.97 Å². The minimum absolute atomic E-state index is 0.201. The summed E-state index contributed by atoms with van der Waals surface area (Å²) in [6.45, 7) is 0.108. The third-order valence-electron chi connectivity index (χ3n) is 4.64. The first kappa shape index (κ1) is 20.2. The Morgan fingerprint density at radius 2 is 2.04 bits per heavy atom. The smallest absolute Gasteiger partial charge is 0.341 e. The maximum atomic E-state index is 12.6. The average molecular weight is 501 g/mol. The molecule has 1 saturated carbocycles. The molecule has 27 heavy (non-hydrogen) atoms.